The van der Waals surface area contributed by atoms with Crippen molar-refractivity contribution in [2.45, 2.75) is 0 Å². The molecule has 1 aliphatic rings. The van der Waals surface area contributed by atoms with Crippen molar-refractivity contribution in [3.8, 4) is 5.75 Å². The van der Waals surface area contributed by atoms with Gasteiger partial charge >= 0.3 is 0 Å². The van der Waals surface area contributed by atoms with Crippen molar-refractivity contribution in [1.29, 1.82) is 0 Å². The second-order valence-corrected chi connectivity index (χ2v) is 1.79. The molecule has 1 N–H and O–H groups in total. The second kappa shape index (κ2) is 1.65. The van der Waals surface area contributed by atoms with E-state index in [9.17, 15) is 0 Å². The van der Waals surface area contributed by atoms with Crippen LogP contribution < -0.4 is 10.1 Å². The zero-order valence-corrected chi connectivity index (χ0v) is 4.76. The van der Waals surface area contributed by atoms with Crippen molar-refractivity contribution in [1.82, 2.24) is 5.16 Å². The molecule has 0 radical (unpaired) electrons. The van der Waals surface area contributed by atoms with Gasteiger partial charge in [0.25, 0.3) is 5.88 Å². The third kappa shape index (κ3) is 0.630. The van der Waals surface area contributed by atoms with Crippen molar-refractivity contribution in [3.63, 3.8) is 0 Å². The number of rotatable bonds is 0. The van der Waals surface area contributed by atoms with Gasteiger partial charge in [-0.1, -0.05) is 5.16 Å². The standard InChI is InChI=1S/C5H6N2O2/c1-2-8-4-3-7-9-5(4)6-1/h3,6H,1-2H2. The van der Waals surface area contributed by atoms with Crippen LogP contribution in [0, 0.1) is 0 Å². The smallest absolute Gasteiger partial charge is 0.267 e. The van der Waals surface area contributed by atoms with Crippen molar-refractivity contribution in [2.75, 3.05) is 18.5 Å². The van der Waals surface area contributed by atoms with E-state index in [0.29, 0.717) is 18.2 Å². The topological polar surface area (TPSA) is 47.3 Å². The molecule has 2 heterocycles. The van der Waals surface area contributed by atoms with Gasteiger partial charge in [-0.05, 0) is 0 Å². The number of ether oxygens (including phenoxy) is 1. The van der Waals surface area contributed by atoms with Crippen LogP contribution in [0.2, 0.25) is 0 Å². The van der Waals surface area contributed by atoms with Gasteiger partial charge in [-0.2, -0.15) is 0 Å². The fraction of sp³-hybridized carbons (Fsp3) is 0.400. The molecule has 1 aromatic rings. The molecule has 9 heavy (non-hydrogen) atoms. The Labute approximate surface area is 51.8 Å². The SMILES string of the molecule is c1noc2c1OCCN2. The molecule has 0 bridgehead atoms. The van der Waals surface area contributed by atoms with Crippen molar-refractivity contribution < 1.29 is 9.26 Å². The summed E-state index contributed by atoms with van der Waals surface area (Å²) in [6, 6.07) is 0. The fourth-order valence-corrected chi connectivity index (χ4v) is 0.778. The summed E-state index contributed by atoms with van der Waals surface area (Å²) >= 11 is 0. The molecule has 0 spiro atoms. The Morgan fingerprint density at radius 3 is 3.56 bits per heavy atom. The molecule has 4 nitrogen and oxygen atoms in total. The van der Waals surface area contributed by atoms with Crippen LogP contribution in [0.5, 0.6) is 5.75 Å². The van der Waals surface area contributed by atoms with Gasteiger partial charge in [0.05, 0.1) is 6.54 Å². The van der Waals surface area contributed by atoms with Crippen LogP contribution in [0.25, 0.3) is 0 Å². The summed E-state index contributed by atoms with van der Waals surface area (Å²) in [6.07, 6.45) is 1.56. The van der Waals surface area contributed by atoms with Gasteiger partial charge in [0.1, 0.15) is 12.8 Å². The summed E-state index contributed by atoms with van der Waals surface area (Å²) < 4.78 is 9.91. The van der Waals surface area contributed by atoms with Gasteiger partial charge in [0, 0.05) is 0 Å². The zero-order chi connectivity index (χ0) is 6.10. The van der Waals surface area contributed by atoms with E-state index in [2.05, 4.69) is 10.5 Å². The zero-order valence-electron chi connectivity index (χ0n) is 4.76. The van der Waals surface area contributed by atoms with Crippen LogP contribution in [0.4, 0.5) is 5.88 Å². The summed E-state index contributed by atoms with van der Waals surface area (Å²) in [5.74, 6) is 1.35. The number of hydrogen-bond donors (Lipinski definition) is 1. The Hall–Kier alpha value is -1.19. The lowest BCUT2D eigenvalue weighted by atomic mass is 10.5. The normalized spacial score (nSPS) is 15.6. The molecule has 0 amide bonds. The highest BCUT2D eigenvalue weighted by atomic mass is 16.5. The van der Waals surface area contributed by atoms with Gasteiger partial charge < -0.3 is 14.6 Å². The van der Waals surface area contributed by atoms with E-state index in [-0.39, 0.29) is 0 Å². The van der Waals surface area contributed by atoms with Crippen molar-refractivity contribution in [2.24, 2.45) is 0 Å². The molecule has 0 aromatic carbocycles. The number of anilines is 1. The predicted molar refractivity (Wildman–Crippen MR) is 30.5 cm³/mol. The number of aromatic nitrogens is 1. The molecule has 0 fully saturated rings. The molecule has 1 aliphatic heterocycles. The Morgan fingerprint density at radius 2 is 2.67 bits per heavy atom. The maximum atomic E-state index is 5.14. The third-order valence-electron chi connectivity index (χ3n) is 1.18. The van der Waals surface area contributed by atoms with Crippen LogP contribution in [0.1, 0.15) is 0 Å². The second-order valence-electron chi connectivity index (χ2n) is 1.79. The molecule has 0 unspecified atom stereocenters. The minimum absolute atomic E-state index is 0.640. The van der Waals surface area contributed by atoms with Gasteiger partial charge in [-0.25, -0.2) is 0 Å². The highest BCUT2D eigenvalue weighted by Crippen LogP contribution is 2.25. The maximum absolute atomic E-state index is 5.14. The van der Waals surface area contributed by atoms with Gasteiger partial charge in [0.2, 0.25) is 5.75 Å². The van der Waals surface area contributed by atoms with E-state index in [1.807, 2.05) is 0 Å². The molecule has 0 aliphatic carbocycles. The Bertz CT molecular complexity index is 188. The molecule has 1 aromatic heterocycles. The van der Waals surface area contributed by atoms with Crippen LogP contribution >= 0.6 is 0 Å². The van der Waals surface area contributed by atoms with Crippen LogP contribution in [0.15, 0.2) is 10.7 Å². The largest absolute Gasteiger partial charge is 0.485 e. The maximum Gasteiger partial charge on any atom is 0.267 e. The summed E-state index contributed by atoms with van der Waals surface area (Å²) in [4.78, 5) is 0. The average Bonchev–Trinajstić information content (AvgIpc) is 2.33. The summed E-state index contributed by atoms with van der Waals surface area (Å²) in [6.45, 7) is 1.48. The molecule has 48 valence electrons. The van der Waals surface area contributed by atoms with Gasteiger partial charge in [0.15, 0.2) is 0 Å². The van der Waals surface area contributed by atoms with Crippen molar-refractivity contribution >= 4 is 5.88 Å². The highest BCUT2D eigenvalue weighted by molar-refractivity contribution is 5.46. The summed E-state index contributed by atoms with van der Waals surface area (Å²) in [5, 5.41) is 6.53. The molecule has 2 rings (SSSR count). The monoisotopic (exact) mass is 126 g/mol. The number of hydrogen-bond acceptors (Lipinski definition) is 4. The van der Waals surface area contributed by atoms with E-state index < -0.39 is 0 Å². The number of nitrogens with zero attached hydrogens (tertiary/aromatic N) is 1. The average molecular weight is 126 g/mol. The van der Waals surface area contributed by atoms with Crippen LogP contribution in [-0.2, 0) is 0 Å². The molecular weight excluding hydrogens is 120 g/mol. The number of fused-ring (bicyclic) bond motifs is 1. The quantitative estimate of drug-likeness (QED) is 0.549. The Balaban J connectivity index is 2.39. The van der Waals surface area contributed by atoms with Gasteiger partial charge in [-0.3, -0.25) is 0 Å². The lowest BCUT2D eigenvalue weighted by molar-refractivity contribution is 0.313. The van der Waals surface area contributed by atoms with Crippen LogP contribution in [-0.4, -0.2) is 18.3 Å². The minimum atomic E-state index is 0.640. The minimum Gasteiger partial charge on any atom is -0.485 e. The van der Waals surface area contributed by atoms with Crippen molar-refractivity contribution in [3.05, 3.63) is 6.20 Å². The fourth-order valence-electron chi connectivity index (χ4n) is 0.778. The number of nitrogens with one attached hydrogen (secondary N) is 1. The molecule has 0 saturated heterocycles. The highest BCUT2D eigenvalue weighted by Gasteiger charge is 2.12. The lowest BCUT2D eigenvalue weighted by Crippen LogP contribution is -2.16. The summed E-state index contributed by atoms with van der Waals surface area (Å²) in [5.41, 5.74) is 0. The summed E-state index contributed by atoms with van der Waals surface area (Å²) in [7, 11) is 0. The predicted octanol–water partition coefficient (Wildman–Crippen LogP) is 0.479. The first-order valence-electron chi connectivity index (χ1n) is 2.78. The first-order chi connectivity index (χ1) is 4.47. The van der Waals surface area contributed by atoms with E-state index in [1.54, 1.807) is 6.20 Å². The van der Waals surface area contributed by atoms with Crippen LogP contribution in [0.3, 0.4) is 0 Å². The van der Waals surface area contributed by atoms with E-state index in [0.717, 1.165) is 6.54 Å². The first-order valence-corrected chi connectivity index (χ1v) is 2.78. The van der Waals surface area contributed by atoms with Gasteiger partial charge in [-0.15, -0.1) is 0 Å². The molecule has 4 heteroatoms. The third-order valence-corrected chi connectivity index (χ3v) is 1.18. The molecular formula is C5H6N2O2. The van der Waals surface area contributed by atoms with E-state index in [4.69, 9.17) is 9.26 Å². The van der Waals surface area contributed by atoms with E-state index >= 15 is 0 Å². The van der Waals surface area contributed by atoms with E-state index in [1.165, 1.54) is 0 Å². The lowest BCUT2D eigenvalue weighted by Gasteiger charge is -2.11. The molecule has 0 atom stereocenters. The molecule has 0 saturated carbocycles. The Kier molecular flexibility index (Phi) is 0.855. The first kappa shape index (κ1) is 4.67. The Morgan fingerprint density at radius 1 is 1.67 bits per heavy atom.